The van der Waals surface area contributed by atoms with Gasteiger partial charge in [0.1, 0.15) is 19.8 Å². The Balaban J connectivity index is 1.96. The summed E-state index contributed by atoms with van der Waals surface area (Å²) in [5.74, 6) is -11.0. The Morgan fingerprint density at radius 1 is 0.735 bits per heavy atom. The fourth-order valence-electron chi connectivity index (χ4n) is 4.01. The molecule has 3 amide bonds. The van der Waals surface area contributed by atoms with Crippen LogP contribution in [0.4, 0.5) is 0 Å². The molecule has 1 aliphatic rings. The number of carbonyl (C=O) groups excluding carboxylic acids is 6. The van der Waals surface area contributed by atoms with Gasteiger partial charge in [0, 0.05) is 0 Å². The predicted molar refractivity (Wildman–Crippen MR) is 162 cm³/mol. The normalized spacial score (nSPS) is 19.2. The smallest absolute Gasteiger partial charge is 0.332 e. The van der Waals surface area contributed by atoms with E-state index in [0.29, 0.717) is 0 Å². The van der Waals surface area contributed by atoms with Crippen molar-refractivity contribution in [3.05, 3.63) is 70.7 Å². The first-order valence-corrected chi connectivity index (χ1v) is 13.9. The lowest BCUT2D eigenvalue weighted by Crippen LogP contribution is -2.53. The number of terminal acetylenes is 1. The summed E-state index contributed by atoms with van der Waals surface area (Å²) in [5.41, 5.74) is -1.62. The van der Waals surface area contributed by atoms with Gasteiger partial charge in [-0.25, -0.2) is 14.4 Å². The van der Waals surface area contributed by atoms with E-state index in [-0.39, 0.29) is 0 Å². The van der Waals surface area contributed by atoms with Gasteiger partial charge in [0.2, 0.25) is 5.76 Å². The first kappa shape index (κ1) is 36.6. The molecular weight excluding hydrogens is 654 g/mol. The van der Waals surface area contributed by atoms with E-state index in [1.54, 1.807) is 5.92 Å². The Labute approximate surface area is 276 Å². The minimum absolute atomic E-state index is 0.503. The van der Waals surface area contributed by atoms with Crippen molar-refractivity contribution in [2.24, 2.45) is 0 Å². The maximum absolute atomic E-state index is 13.1. The van der Waals surface area contributed by atoms with Crippen molar-refractivity contribution in [3.63, 3.8) is 0 Å². The molecule has 0 saturated carbocycles. The van der Waals surface area contributed by atoms with Crippen LogP contribution >= 0.6 is 0 Å². The molecule has 0 unspecified atom stereocenters. The highest BCUT2D eigenvalue weighted by Crippen LogP contribution is 2.29. The Morgan fingerprint density at radius 3 is 1.49 bits per heavy atom. The number of nitrogens with one attached hydrogen (secondary N) is 3. The monoisotopic (exact) mass is 683 g/mol. The molecule has 1 saturated heterocycles. The number of aromatic hydroxyl groups is 4. The summed E-state index contributed by atoms with van der Waals surface area (Å²) in [7, 11) is 0. The Bertz CT molecular complexity index is 1710. The first-order chi connectivity index (χ1) is 23.2. The van der Waals surface area contributed by atoms with Gasteiger partial charge in [-0.3, -0.25) is 14.4 Å². The molecule has 18 heteroatoms. The molecule has 1 fully saturated rings. The standard InChI is InChI=1S/C31H29N3O15/c1-3-14(23(38)20(35)4-2)26(41)32-17-11-47-30(45)19(34-28(43)16-8-6-10-22(37)25(16)40)13-49-31(46)18(12-48-29(17)44)33-27(42)15-7-5-9-21(36)24(15)39/h2-3,5-10,17-19,35-40H,11-13H2,1H3,(H,32,41)(H,33,42)(H,34,43)/b14-3+,23-20-/t17-,18-,19-/m0/s1. The molecule has 0 aliphatic carbocycles. The fraction of sp³-hybridized carbons (Fsp3) is 0.226. The van der Waals surface area contributed by atoms with Gasteiger partial charge in [0.15, 0.2) is 46.9 Å². The molecule has 1 aliphatic heterocycles. The van der Waals surface area contributed by atoms with Crippen molar-refractivity contribution < 1.29 is 73.6 Å². The van der Waals surface area contributed by atoms with Crippen molar-refractivity contribution in [2.45, 2.75) is 25.0 Å². The molecule has 18 nitrogen and oxygen atoms in total. The number of esters is 3. The highest BCUT2D eigenvalue weighted by atomic mass is 16.6. The Hall–Kier alpha value is -6.90. The molecule has 0 aromatic heterocycles. The number of benzene rings is 2. The van der Waals surface area contributed by atoms with E-state index in [4.69, 9.17) is 20.6 Å². The van der Waals surface area contributed by atoms with Crippen LogP contribution in [0.2, 0.25) is 0 Å². The summed E-state index contributed by atoms with van der Waals surface area (Å²) in [6.07, 6.45) is 6.06. The van der Waals surface area contributed by atoms with Gasteiger partial charge in [-0.1, -0.05) is 18.2 Å². The van der Waals surface area contributed by atoms with Crippen LogP contribution in [0.15, 0.2) is 59.6 Å². The number of allylic oxidation sites excluding steroid dienone is 2. The quantitative estimate of drug-likeness (QED) is 0.0336. The minimum atomic E-state index is -1.89. The number of aliphatic hydroxyl groups excluding tert-OH is 2. The zero-order valence-corrected chi connectivity index (χ0v) is 25.3. The van der Waals surface area contributed by atoms with E-state index in [1.807, 2.05) is 0 Å². The lowest BCUT2D eigenvalue weighted by Gasteiger charge is -2.25. The number of amides is 3. The third-order valence-electron chi connectivity index (χ3n) is 6.61. The molecule has 0 radical (unpaired) electrons. The van der Waals surface area contributed by atoms with Crippen LogP contribution in [0.25, 0.3) is 0 Å². The zero-order chi connectivity index (χ0) is 36.4. The van der Waals surface area contributed by atoms with Gasteiger partial charge in [0.05, 0.1) is 16.7 Å². The molecule has 0 spiro atoms. The van der Waals surface area contributed by atoms with Crippen LogP contribution < -0.4 is 16.0 Å². The molecular formula is C31H29N3O15. The van der Waals surface area contributed by atoms with Crippen molar-refractivity contribution in [3.8, 4) is 35.3 Å². The summed E-state index contributed by atoms with van der Waals surface area (Å²) < 4.78 is 15.3. The zero-order valence-electron chi connectivity index (χ0n) is 25.3. The Morgan fingerprint density at radius 2 is 1.12 bits per heavy atom. The van der Waals surface area contributed by atoms with Gasteiger partial charge >= 0.3 is 17.9 Å². The van der Waals surface area contributed by atoms with Crippen LogP contribution in [0.5, 0.6) is 23.0 Å². The number of carbonyl (C=O) groups is 6. The number of aliphatic hydroxyl groups is 2. The topological polar surface area (TPSA) is 288 Å². The number of phenols is 4. The van der Waals surface area contributed by atoms with E-state index in [0.717, 1.165) is 30.3 Å². The van der Waals surface area contributed by atoms with E-state index >= 15 is 0 Å². The largest absolute Gasteiger partial charge is 0.504 e. The maximum Gasteiger partial charge on any atom is 0.332 e. The molecule has 2 aromatic carbocycles. The summed E-state index contributed by atoms with van der Waals surface area (Å²) in [4.78, 5) is 78.0. The average Bonchev–Trinajstić information content (AvgIpc) is 3.07. The molecule has 3 rings (SSSR count). The number of cyclic esters (lactones) is 3. The second-order valence-corrected chi connectivity index (χ2v) is 9.86. The molecule has 3 atom stereocenters. The van der Waals surface area contributed by atoms with Crippen molar-refractivity contribution >= 4 is 35.6 Å². The SMILES string of the molecule is C#C/C(O)=C(O)\C(=C/C)C(=O)N[C@H]1COC(=O)[C@@H](NC(=O)c2cccc(O)c2O)COC(=O)[C@@H](NC(=O)c2cccc(O)c2O)COC1=O. The third kappa shape index (κ3) is 8.88. The lowest BCUT2D eigenvalue weighted by molar-refractivity contribution is -0.161. The van der Waals surface area contributed by atoms with Crippen molar-refractivity contribution in [1.82, 2.24) is 16.0 Å². The first-order valence-electron chi connectivity index (χ1n) is 13.9. The van der Waals surface area contributed by atoms with E-state index in [1.165, 1.54) is 19.1 Å². The maximum atomic E-state index is 13.1. The van der Waals surface area contributed by atoms with Gasteiger partial charge < -0.3 is 60.8 Å². The van der Waals surface area contributed by atoms with E-state index < -0.39 is 125 Å². The number of phenolic OH excluding ortho intramolecular Hbond substituents is 4. The van der Waals surface area contributed by atoms with Gasteiger partial charge in [-0.05, 0) is 37.1 Å². The molecule has 49 heavy (non-hydrogen) atoms. The average molecular weight is 684 g/mol. The van der Waals surface area contributed by atoms with E-state index in [9.17, 15) is 59.4 Å². The van der Waals surface area contributed by atoms with Gasteiger partial charge in [-0.2, -0.15) is 0 Å². The number of para-hydroxylation sites is 2. The predicted octanol–water partition coefficient (Wildman–Crippen LogP) is -0.559. The van der Waals surface area contributed by atoms with Crippen LogP contribution in [0, 0.1) is 12.3 Å². The second-order valence-electron chi connectivity index (χ2n) is 9.86. The molecule has 2 aromatic rings. The van der Waals surface area contributed by atoms with Gasteiger partial charge in [0.25, 0.3) is 17.7 Å². The van der Waals surface area contributed by atoms with Crippen LogP contribution in [-0.2, 0) is 33.4 Å². The summed E-state index contributed by atoms with van der Waals surface area (Å²) >= 11 is 0. The molecule has 258 valence electrons. The number of hydrogen-bond donors (Lipinski definition) is 9. The summed E-state index contributed by atoms with van der Waals surface area (Å²) in [6.45, 7) is -1.66. The highest BCUT2D eigenvalue weighted by molar-refractivity contribution is 6.01. The van der Waals surface area contributed by atoms with Crippen LogP contribution in [0.3, 0.4) is 0 Å². The third-order valence-corrected chi connectivity index (χ3v) is 6.61. The molecule has 9 N–H and O–H groups in total. The summed E-state index contributed by atoms with van der Waals surface area (Å²) in [6, 6.07) is 1.11. The van der Waals surface area contributed by atoms with E-state index in [2.05, 4.69) is 16.0 Å². The van der Waals surface area contributed by atoms with Crippen LogP contribution in [-0.4, -0.2) is 104 Å². The van der Waals surface area contributed by atoms with Gasteiger partial charge in [-0.15, -0.1) is 6.42 Å². The van der Waals surface area contributed by atoms with Crippen molar-refractivity contribution in [1.29, 1.82) is 0 Å². The molecule has 1 heterocycles. The number of hydrogen-bond acceptors (Lipinski definition) is 15. The van der Waals surface area contributed by atoms with Crippen LogP contribution in [0.1, 0.15) is 27.6 Å². The highest BCUT2D eigenvalue weighted by Gasteiger charge is 2.35. The van der Waals surface area contributed by atoms with Crippen molar-refractivity contribution in [2.75, 3.05) is 19.8 Å². The lowest BCUT2D eigenvalue weighted by atomic mass is 10.1. The summed E-state index contributed by atoms with van der Waals surface area (Å²) in [5, 5.41) is 65.8. The molecule has 0 bridgehead atoms. The Kier molecular flexibility index (Phi) is 12.0. The number of ether oxygens (including phenoxy) is 3. The fourth-order valence-corrected chi connectivity index (χ4v) is 4.01. The number of rotatable bonds is 7. The minimum Gasteiger partial charge on any atom is -0.504 e. The second kappa shape index (κ2) is 16.1.